The van der Waals surface area contributed by atoms with Gasteiger partial charge in [0.2, 0.25) is 4.80 Å². The molecular weight excluding hydrogens is 452 g/mol. The van der Waals surface area contributed by atoms with Gasteiger partial charge in [0.25, 0.3) is 5.91 Å². The van der Waals surface area contributed by atoms with Crippen LogP contribution in [0.1, 0.15) is 22.9 Å². The van der Waals surface area contributed by atoms with E-state index in [0.29, 0.717) is 11.4 Å². The van der Waals surface area contributed by atoms with Crippen LogP contribution >= 0.6 is 22.7 Å². The largest absolute Gasteiger partial charge is 0.482 e. The van der Waals surface area contributed by atoms with E-state index in [-0.39, 0.29) is 12.5 Å². The zero-order valence-corrected chi connectivity index (χ0v) is 20.1. The van der Waals surface area contributed by atoms with E-state index in [1.165, 1.54) is 22.5 Å². The molecule has 6 nitrogen and oxygen atoms in total. The number of fused-ring (bicyclic) bond motifs is 1. The van der Waals surface area contributed by atoms with E-state index in [4.69, 9.17) is 14.8 Å². The highest BCUT2D eigenvalue weighted by molar-refractivity contribution is 7.12. The number of aromatic nitrogens is 1. The van der Waals surface area contributed by atoms with Crippen LogP contribution in [0.3, 0.4) is 0 Å². The molecule has 1 aliphatic heterocycles. The van der Waals surface area contributed by atoms with E-state index in [1.807, 2.05) is 52.7 Å². The molecule has 0 saturated heterocycles. The van der Waals surface area contributed by atoms with Crippen molar-refractivity contribution in [2.24, 2.45) is 10.1 Å². The van der Waals surface area contributed by atoms with Crippen molar-refractivity contribution in [1.29, 1.82) is 0 Å². The number of carbonyl (C=O) groups excluding carboxylic acids is 1. The van der Waals surface area contributed by atoms with Crippen molar-refractivity contribution in [2.45, 2.75) is 20.8 Å². The Hall–Kier alpha value is -3.49. The average molecular weight is 475 g/mol. The van der Waals surface area contributed by atoms with Crippen LogP contribution in [0.15, 0.2) is 69.4 Å². The molecule has 166 valence electrons. The number of rotatable bonds is 4. The molecule has 0 unspecified atom stereocenters. The normalized spacial score (nSPS) is 14.1. The lowest BCUT2D eigenvalue weighted by molar-refractivity contribution is -0.118. The summed E-state index contributed by atoms with van der Waals surface area (Å²) in [7, 11) is 0. The highest BCUT2D eigenvalue weighted by atomic mass is 32.1. The van der Waals surface area contributed by atoms with Gasteiger partial charge in [0.05, 0.1) is 27.7 Å². The van der Waals surface area contributed by atoms with Crippen molar-refractivity contribution in [3.8, 4) is 17.0 Å². The van der Waals surface area contributed by atoms with Crippen LogP contribution in [0.25, 0.3) is 11.3 Å². The number of anilines is 1. The Kier molecular flexibility index (Phi) is 5.70. The third-order valence-electron chi connectivity index (χ3n) is 5.44. The lowest BCUT2D eigenvalue weighted by Gasteiger charge is -2.18. The average Bonchev–Trinajstić information content (AvgIpc) is 3.47. The Labute approximate surface area is 199 Å². The van der Waals surface area contributed by atoms with Gasteiger partial charge in [-0.05, 0) is 73.7 Å². The molecule has 1 N–H and O–H groups in total. The molecule has 5 rings (SSSR count). The van der Waals surface area contributed by atoms with E-state index in [2.05, 4.69) is 37.4 Å². The molecule has 0 saturated carbocycles. The number of nitrogens with one attached hydrogen (secondary N) is 1. The number of thiophene rings is 1. The van der Waals surface area contributed by atoms with Crippen molar-refractivity contribution in [3.05, 3.63) is 80.1 Å². The van der Waals surface area contributed by atoms with E-state index in [9.17, 15) is 4.79 Å². The highest BCUT2D eigenvalue weighted by Crippen LogP contribution is 2.33. The topological polar surface area (TPSA) is 68.0 Å². The van der Waals surface area contributed by atoms with E-state index in [0.717, 1.165) is 32.3 Å². The maximum absolute atomic E-state index is 11.8. The SMILES string of the molecule is CC(=Nn1c(-c2ccc3c(c2)NC(=O)CO3)csc1=Nc1ccc(C)c(C)c1)c1cccs1. The van der Waals surface area contributed by atoms with Gasteiger partial charge >= 0.3 is 0 Å². The second-order valence-corrected chi connectivity index (χ2v) is 9.59. The summed E-state index contributed by atoms with van der Waals surface area (Å²) in [4.78, 5) is 18.6. The van der Waals surface area contributed by atoms with Gasteiger partial charge in [-0.15, -0.1) is 22.7 Å². The summed E-state index contributed by atoms with van der Waals surface area (Å²) in [5, 5.41) is 11.9. The Bertz CT molecular complexity index is 1450. The summed E-state index contributed by atoms with van der Waals surface area (Å²) < 4.78 is 7.39. The zero-order valence-electron chi connectivity index (χ0n) is 18.5. The van der Waals surface area contributed by atoms with Gasteiger partial charge in [-0.1, -0.05) is 12.1 Å². The van der Waals surface area contributed by atoms with Gasteiger partial charge < -0.3 is 10.1 Å². The standard InChI is InChI=1S/C25H22N4O2S2/c1-15-6-8-19(11-16(15)2)26-25-29(28-17(3)23-5-4-10-32-23)21(14-33-25)18-7-9-22-20(12-18)27-24(30)13-31-22/h4-12,14H,13H2,1-3H3,(H,27,30). The summed E-state index contributed by atoms with van der Waals surface area (Å²) in [5.74, 6) is 0.508. The predicted molar refractivity (Wildman–Crippen MR) is 135 cm³/mol. The van der Waals surface area contributed by atoms with Crippen molar-refractivity contribution >= 4 is 45.7 Å². The van der Waals surface area contributed by atoms with Crippen molar-refractivity contribution in [2.75, 3.05) is 11.9 Å². The van der Waals surface area contributed by atoms with Crippen LogP contribution in [0.4, 0.5) is 11.4 Å². The number of benzene rings is 2. The molecule has 33 heavy (non-hydrogen) atoms. The van der Waals surface area contributed by atoms with Gasteiger partial charge in [-0.3, -0.25) is 4.79 Å². The van der Waals surface area contributed by atoms with E-state index >= 15 is 0 Å². The molecular formula is C25H22N4O2S2. The Morgan fingerprint density at radius 2 is 1.97 bits per heavy atom. The minimum Gasteiger partial charge on any atom is -0.482 e. The first-order valence-electron chi connectivity index (χ1n) is 10.5. The summed E-state index contributed by atoms with van der Waals surface area (Å²) in [6, 6.07) is 16.0. The summed E-state index contributed by atoms with van der Waals surface area (Å²) in [5.41, 5.74) is 6.69. The smallest absolute Gasteiger partial charge is 0.262 e. The van der Waals surface area contributed by atoms with Crippen LogP contribution in [0.2, 0.25) is 0 Å². The van der Waals surface area contributed by atoms with Gasteiger partial charge in [0.1, 0.15) is 5.75 Å². The Morgan fingerprint density at radius 1 is 1.09 bits per heavy atom. The molecule has 0 radical (unpaired) electrons. The molecule has 4 aromatic rings. The Morgan fingerprint density at radius 3 is 2.76 bits per heavy atom. The number of thiazole rings is 1. The predicted octanol–water partition coefficient (Wildman–Crippen LogP) is 5.73. The lowest BCUT2D eigenvalue weighted by Crippen LogP contribution is -2.25. The monoisotopic (exact) mass is 474 g/mol. The second-order valence-electron chi connectivity index (χ2n) is 7.81. The van der Waals surface area contributed by atoms with E-state index < -0.39 is 0 Å². The first kappa shape index (κ1) is 21.4. The summed E-state index contributed by atoms with van der Waals surface area (Å²) in [6.07, 6.45) is 0. The van der Waals surface area contributed by atoms with Crippen molar-refractivity contribution < 1.29 is 9.53 Å². The quantitative estimate of drug-likeness (QED) is 0.384. The minimum absolute atomic E-state index is 0.0358. The van der Waals surface area contributed by atoms with Crippen LogP contribution in [-0.4, -0.2) is 22.9 Å². The number of ether oxygens (including phenoxy) is 1. The molecule has 0 spiro atoms. The molecule has 0 bridgehead atoms. The van der Waals surface area contributed by atoms with Crippen molar-refractivity contribution in [1.82, 2.24) is 4.68 Å². The van der Waals surface area contributed by atoms with Crippen LogP contribution in [-0.2, 0) is 4.79 Å². The van der Waals surface area contributed by atoms with Gasteiger partial charge in [0.15, 0.2) is 6.61 Å². The number of amides is 1. The number of aryl methyl sites for hydroxylation is 2. The van der Waals surface area contributed by atoms with Gasteiger partial charge in [-0.25, -0.2) is 9.67 Å². The van der Waals surface area contributed by atoms with Gasteiger partial charge in [-0.2, -0.15) is 5.10 Å². The summed E-state index contributed by atoms with van der Waals surface area (Å²) in [6.45, 7) is 6.22. The van der Waals surface area contributed by atoms with Crippen LogP contribution in [0.5, 0.6) is 5.75 Å². The fourth-order valence-corrected chi connectivity index (χ4v) is 5.03. The lowest BCUT2D eigenvalue weighted by atomic mass is 10.1. The molecule has 0 fully saturated rings. The number of nitrogens with zero attached hydrogens (tertiary/aromatic N) is 3. The molecule has 1 amide bonds. The van der Waals surface area contributed by atoms with Crippen molar-refractivity contribution in [3.63, 3.8) is 0 Å². The highest BCUT2D eigenvalue weighted by Gasteiger charge is 2.18. The van der Waals surface area contributed by atoms with E-state index in [1.54, 1.807) is 11.3 Å². The molecule has 2 aromatic heterocycles. The molecule has 0 aliphatic carbocycles. The molecule has 8 heteroatoms. The zero-order chi connectivity index (χ0) is 22.9. The number of hydrogen-bond donors (Lipinski definition) is 1. The third-order valence-corrected chi connectivity index (χ3v) is 7.23. The van der Waals surface area contributed by atoms with Gasteiger partial charge in [0, 0.05) is 10.9 Å². The molecule has 1 aliphatic rings. The number of carbonyl (C=O) groups is 1. The van der Waals surface area contributed by atoms with Crippen LogP contribution < -0.4 is 14.9 Å². The molecule has 2 aromatic carbocycles. The fraction of sp³-hybridized carbons (Fsp3) is 0.160. The Balaban J connectivity index is 1.66. The first-order chi connectivity index (χ1) is 16.0. The first-order valence-corrected chi connectivity index (χ1v) is 12.2. The fourth-order valence-electron chi connectivity index (χ4n) is 3.50. The summed E-state index contributed by atoms with van der Waals surface area (Å²) >= 11 is 3.18. The maximum atomic E-state index is 11.8. The second kappa shape index (κ2) is 8.80. The van der Waals surface area contributed by atoms with Crippen LogP contribution in [0, 0.1) is 13.8 Å². The minimum atomic E-state index is -0.158. The molecule has 3 heterocycles. The molecule has 0 atom stereocenters. The number of hydrogen-bond acceptors (Lipinski definition) is 6. The maximum Gasteiger partial charge on any atom is 0.262 e. The third kappa shape index (κ3) is 4.40.